The third kappa shape index (κ3) is 4.37. The smallest absolute Gasteiger partial charge is 0.191 e. The summed E-state index contributed by atoms with van der Waals surface area (Å²) in [7, 11) is 5.11. The highest BCUT2D eigenvalue weighted by Gasteiger charge is 2.09. The van der Waals surface area contributed by atoms with E-state index in [1.165, 1.54) is 6.33 Å². The second kappa shape index (κ2) is 8.76. The molecule has 0 saturated carbocycles. The van der Waals surface area contributed by atoms with Crippen LogP contribution in [0.2, 0.25) is 0 Å². The average Bonchev–Trinajstić information content (AvgIpc) is 3.01. The molecule has 0 unspecified atom stereocenters. The SMILES string of the molecule is CCNC(=NCc1cccc(OC)c1OC)NCc1ncnn1C. The van der Waals surface area contributed by atoms with Gasteiger partial charge < -0.3 is 20.1 Å². The fourth-order valence-electron chi connectivity index (χ4n) is 2.23. The number of aryl methyl sites for hydroxylation is 1. The van der Waals surface area contributed by atoms with Gasteiger partial charge in [0.05, 0.1) is 27.3 Å². The van der Waals surface area contributed by atoms with Crippen LogP contribution in [0.25, 0.3) is 0 Å². The summed E-state index contributed by atoms with van der Waals surface area (Å²) in [6.07, 6.45) is 1.53. The van der Waals surface area contributed by atoms with Crippen LogP contribution in [0.1, 0.15) is 18.3 Å². The molecule has 0 amide bonds. The van der Waals surface area contributed by atoms with E-state index in [0.29, 0.717) is 30.5 Å². The van der Waals surface area contributed by atoms with Crippen LogP contribution in [0.5, 0.6) is 11.5 Å². The molecule has 2 N–H and O–H groups in total. The topological polar surface area (TPSA) is 85.6 Å². The molecule has 8 nitrogen and oxygen atoms in total. The molecule has 0 saturated heterocycles. The third-order valence-electron chi connectivity index (χ3n) is 3.46. The number of aromatic nitrogens is 3. The Kier molecular flexibility index (Phi) is 6.41. The Bertz CT molecular complexity index is 683. The Morgan fingerprint density at radius 3 is 2.71 bits per heavy atom. The van der Waals surface area contributed by atoms with Crippen LogP contribution in [0.4, 0.5) is 0 Å². The van der Waals surface area contributed by atoms with E-state index in [1.54, 1.807) is 18.9 Å². The number of nitrogens with zero attached hydrogens (tertiary/aromatic N) is 4. The van der Waals surface area contributed by atoms with E-state index in [1.807, 2.05) is 32.2 Å². The molecule has 0 spiro atoms. The van der Waals surface area contributed by atoms with Crippen LogP contribution in [-0.2, 0) is 20.1 Å². The molecule has 0 aliphatic carbocycles. The summed E-state index contributed by atoms with van der Waals surface area (Å²) in [5, 5.41) is 10.5. The number of nitrogens with one attached hydrogen (secondary N) is 2. The Morgan fingerprint density at radius 2 is 2.08 bits per heavy atom. The molecule has 2 rings (SSSR count). The van der Waals surface area contributed by atoms with Crippen molar-refractivity contribution >= 4 is 5.96 Å². The second-order valence-electron chi connectivity index (χ2n) is 5.00. The van der Waals surface area contributed by atoms with Gasteiger partial charge in [0.25, 0.3) is 0 Å². The highest BCUT2D eigenvalue weighted by molar-refractivity contribution is 5.79. The zero-order chi connectivity index (χ0) is 17.4. The maximum absolute atomic E-state index is 5.44. The molecular formula is C16H24N6O2. The zero-order valence-corrected chi connectivity index (χ0v) is 14.5. The first-order chi connectivity index (χ1) is 11.7. The van der Waals surface area contributed by atoms with E-state index in [2.05, 4.69) is 25.7 Å². The van der Waals surface area contributed by atoms with Crippen LogP contribution in [0.3, 0.4) is 0 Å². The molecule has 0 radical (unpaired) electrons. The normalized spacial score (nSPS) is 11.2. The molecule has 8 heteroatoms. The summed E-state index contributed by atoms with van der Waals surface area (Å²) >= 11 is 0. The number of rotatable bonds is 7. The van der Waals surface area contributed by atoms with Crippen LogP contribution >= 0.6 is 0 Å². The highest BCUT2D eigenvalue weighted by Crippen LogP contribution is 2.30. The molecule has 0 fully saturated rings. The van der Waals surface area contributed by atoms with Gasteiger partial charge >= 0.3 is 0 Å². The van der Waals surface area contributed by atoms with E-state index in [0.717, 1.165) is 17.9 Å². The van der Waals surface area contributed by atoms with Crippen molar-refractivity contribution in [3.8, 4) is 11.5 Å². The molecule has 0 atom stereocenters. The maximum Gasteiger partial charge on any atom is 0.191 e. The largest absolute Gasteiger partial charge is 0.493 e. The van der Waals surface area contributed by atoms with Crippen LogP contribution in [0.15, 0.2) is 29.5 Å². The van der Waals surface area contributed by atoms with Crippen molar-refractivity contribution in [2.24, 2.45) is 12.0 Å². The van der Waals surface area contributed by atoms with E-state index >= 15 is 0 Å². The fourth-order valence-corrected chi connectivity index (χ4v) is 2.23. The molecule has 0 aliphatic rings. The Morgan fingerprint density at radius 1 is 1.25 bits per heavy atom. The molecule has 0 aliphatic heterocycles. The number of hydrogen-bond donors (Lipinski definition) is 2. The van der Waals surface area contributed by atoms with Gasteiger partial charge in [-0.1, -0.05) is 12.1 Å². The molecule has 24 heavy (non-hydrogen) atoms. The summed E-state index contributed by atoms with van der Waals surface area (Å²) in [6, 6.07) is 5.76. The lowest BCUT2D eigenvalue weighted by Crippen LogP contribution is -2.37. The van der Waals surface area contributed by atoms with Crippen molar-refractivity contribution in [3.63, 3.8) is 0 Å². The van der Waals surface area contributed by atoms with Crippen LogP contribution in [0, 0.1) is 0 Å². The highest BCUT2D eigenvalue weighted by atomic mass is 16.5. The zero-order valence-electron chi connectivity index (χ0n) is 14.5. The van der Waals surface area contributed by atoms with Crippen molar-refractivity contribution in [2.75, 3.05) is 20.8 Å². The monoisotopic (exact) mass is 332 g/mol. The summed E-state index contributed by atoms with van der Waals surface area (Å²) in [5.74, 6) is 2.93. The van der Waals surface area contributed by atoms with Gasteiger partial charge in [-0.3, -0.25) is 4.68 Å². The minimum absolute atomic E-state index is 0.467. The molecule has 1 heterocycles. The Hall–Kier alpha value is -2.77. The summed E-state index contributed by atoms with van der Waals surface area (Å²) in [5.41, 5.74) is 0.952. The van der Waals surface area contributed by atoms with Crippen LogP contribution in [-0.4, -0.2) is 41.5 Å². The second-order valence-corrected chi connectivity index (χ2v) is 5.00. The minimum Gasteiger partial charge on any atom is -0.493 e. The first-order valence-electron chi connectivity index (χ1n) is 7.74. The van der Waals surface area contributed by atoms with Crippen molar-refractivity contribution < 1.29 is 9.47 Å². The molecule has 130 valence electrons. The third-order valence-corrected chi connectivity index (χ3v) is 3.46. The van der Waals surface area contributed by atoms with Gasteiger partial charge in [-0.2, -0.15) is 5.10 Å². The average molecular weight is 332 g/mol. The first-order valence-corrected chi connectivity index (χ1v) is 7.74. The van der Waals surface area contributed by atoms with Crippen molar-refractivity contribution in [2.45, 2.75) is 20.0 Å². The summed E-state index contributed by atoms with van der Waals surface area (Å²) < 4.78 is 12.5. The fraction of sp³-hybridized carbons (Fsp3) is 0.438. The Balaban J connectivity index is 2.09. The predicted octanol–water partition coefficient (Wildman–Crippen LogP) is 1.09. The molecule has 0 bridgehead atoms. The first kappa shape index (κ1) is 17.6. The van der Waals surface area contributed by atoms with Gasteiger partial charge in [-0.05, 0) is 13.0 Å². The predicted molar refractivity (Wildman–Crippen MR) is 92.2 cm³/mol. The standard InChI is InChI=1S/C16H24N6O2/c1-5-17-16(19-10-14-20-11-21-22(14)2)18-9-12-7-6-8-13(23-3)15(12)24-4/h6-8,11H,5,9-10H2,1-4H3,(H2,17,18,19). The number of ether oxygens (including phenoxy) is 2. The minimum atomic E-state index is 0.467. The van der Waals surface area contributed by atoms with Gasteiger partial charge in [-0.25, -0.2) is 9.98 Å². The summed E-state index contributed by atoms with van der Waals surface area (Å²) in [6.45, 7) is 3.79. The maximum atomic E-state index is 5.44. The van der Waals surface area contributed by atoms with Crippen molar-refractivity contribution in [1.82, 2.24) is 25.4 Å². The van der Waals surface area contributed by atoms with E-state index in [9.17, 15) is 0 Å². The quantitative estimate of drug-likeness (QED) is 0.583. The van der Waals surface area contributed by atoms with Crippen molar-refractivity contribution in [3.05, 3.63) is 35.9 Å². The number of methoxy groups -OCH3 is 2. The summed E-state index contributed by atoms with van der Waals surface area (Å²) in [4.78, 5) is 8.78. The van der Waals surface area contributed by atoms with Gasteiger partial charge in [0.15, 0.2) is 17.5 Å². The van der Waals surface area contributed by atoms with Gasteiger partial charge in [-0.15, -0.1) is 0 Å². The van der Waals surface area contributed by atoms with Crippen LogP contribution < -0.4 is 20.1 Å². The molecule has 1 aromatic carbocycles. The molecule has 1 aromatic heterocycles. The number of guanidine groups is 1. The number of hydrogen-bond acceptors (Lipinski definition) is 5. The number of benzene rings is 1. The molecule has 2 aromatic rings. The van der Waals surface area contributed by atoms with Gasteiger partial charge in [0.2, 0.25) is 0 Å². The van der Waals surface area contributed by atoms with E-state index in [-0.39, 0.29) is 0 Å². The van der Waals surface area contributed by atoms with E-state index < -0.39 is 0 Å². The lowest BCUT2D eigenvalue weighted by atomic mass is 10.2. The lowest BCUT2D eigenvalue weighted by Gasteiger charge is -2.13. The lowest BCUT2D eigenvalue weighted by molar-refractivity contribution is 0.352. The number of aliphatic imine (C=N–C) groups is 1. The van der Waals surface area contributed by atoms with E-state index in [4.69, 9.17) is 9.47 Å². The molecular weight excluding hydrogens is 308 g/mol. The van der Waals surface area contributed by atoms with Crippen molar-refractivity contribution in [1.29, 1.82) is 0 Å². The number of para-hydroxylation sites is 1. The van der Waals surface area contributed by atoms with Gasteiger partial charge in [0.1, 0.15) is 12.2 Å². The Labute approximate surface area is 141 Å². The van der Waals surface area contributed by atoms with Gasteiger partial charge in [0, 0.05) is 19.2 Å².